The smallest absolute Gasteiger partial charge is 0.334 e. The Morgan fingerprint density at radius 3 is 2.41 bits per heavy atom. The molecule has 2 heterocycles. The van der Waals surface area contributed by atoms with Crippen molar-refractivity contribution in [1.82, 2.24) is 4.90 Å². The summed E-state index contributed by atoms with van der Waals surface area (Å²) in [6.07, 6.45) is 4.79. The molecular weight excluding hydrogens is 448 g/mol. The van der Waals surface area contributed by atoms with Gasteiger partial charge in [0.25, 0.3) is 11.8 Å². The lowest BCUT2D eigenvalue weighted by Gasteiger charge is -2.33. The highest BCUT2D eigenvalue weighted by Gasteiger charge is 2.48. The first-order valence-electron chi connectivity index (χ1n) is 11.6. The van der Waals surface area contributed by atoms with E-state index >= 15 is 0 Å². The van der Waals surface area contributed by atoms with Gasteiger partial charge in [-0.3, -0.25) is 9.59 Å². The van der Waals surface area contributed by atoms with Crippen LogP contribution in [0.5, 0.6) is 5.75 Å². The van der Waals surface area contributed by atoms with Crippen molar-refractivity contribution in [2.45, 2.75) is 44.2 Å². The molecule has 34 heavy (non-hydrogen) atoms. The number of hydrogen-bond acceptors (Lipinski definition) is 5. The molecule has 1 aliphatic heterocycles. The van der Waals surface area contributed by atoms with Crippen molar-refractivity contribution < 1.29 is 19.1 Å². The van der Waals surface area contributed by atoms with Crippen LogP contribution < -0.4 is 10.1 Å². The Hall–Kier alpha value is -3.45. The van der Waals surface area contributed by atoms with Gasteiger partial charge in [0.15, 0.2) is 0 Å². The summed E-state index contributed by atoms with van der Waals surface area (Å²) in [4.78, 5) is 40.6. The highest BCUT2D eigenvalue weighted by atomic mass is 32.1. The lowest BCUT2D eigenvalue weighted by atomic mass is 9.84. The number of benzene rings is 2. The number of carbonyl (C=O) groups is 3. The molecule has 2 amide bonds. The number of nitrogens with zero attached hydrogens (tertiary/aromatic N) is 1. The molecule has 6 nitrogen and oxygen atoms in total. The van der Waals surface area contributed by atoms with E-state index < -0.39 is 12.0 Å². The Labute approximate surface area is 202 Å². The van der Waals surface area contributed by atoms with Crippen molar-refractivity contribution in [3.63, 3.8) is 0 Å². The van der Waals surface area contributed by atoms with E-state index in [4.69, 9.17) is 4.74 Å². The van der Waals surface area contributed by atoms with Gasteiger partial charge in [0.05, 0.1) is 5.56 Å². The quantitative estimate of drug-likeness (QED) is 0.398. The van der Waals surface area contributed by atoms with Gasteiger partial charge in [0.1, 0.15) is 11.8 Å². The van der Waals surface area contributed by atoms with Gasteiger partial charge in [0, 0.05) is 22.7 Å². The molecule has 3 unspecified atom stereocenters. The van der Waals surface area contributed by atoms with Gasteiger partial charge in [-0.25, -0.2) is 4.79 Å². The van der Waals surface area contributed by atoms with Gasteiger partial charge in [-0.05, 0) is 73.0 Å². The zero-order chi connectivity index (χ0) is 23.5. The van der Waals surface area contributed by atoms with Crippen LogP contribution in [0.15, 0.2) is 71.4 Å². The van der Waals surface area contributed by atoms with Crippen LogP contribution in [0, 0.1) is 5.92 Å². The SMILES string of the molecule is O=C(Nc1ccc(OC(=O)C2CC3CCCCC3N2C(=O)c2ccccc2)cc1)c1ccsc1. The number of amides is 2. The third-order valence-corrected chi connectivity index (χ3v) is 7.41. The van der Waals surface area contributed by atoms with Crippen molar-refractivity contribution in [3.05, 3.63) is 82.6 Å². The highest BCUT2D eigenvalue weighted by Crippen LogP contribution is 2.41. The van der Waals surface area contributed by atoms with Crippen LogP contribution in [0.2, 0.25) is 0 Å². The van der Waals surface area contributed by atoms with Gasteiger partial charge in [-0.2, -0.15) is 11.3 Å². The zero-order valence-electron chi connectivity index (χ0n) is 18.7. The van der Waals surface area contributed by atoms with Crippen LogP contribution in [-0.2, 0) is 4.79 Å². The summed E-state index contributed by atoms with van der Waals surface area (Å²) in [6, 6.07) is 17.1. The summed E-state index contributed by atoms with van der Waals surface area (Å²) in [5, 5.41) is 6.46. The fraction of sp³-hybridized carbons (Fsp3) is 0.296. The molecule has 1 saturated carbocycles. The lowest BCUT2D eigenvalue weighted by Crippen LogP contribution is -2.47. The molecule has 0 radical (unpaired) electrons. The Bertz CT molecular complexity index is 1160. The molecule has 3 atom stereocenters. The van der Waals surface area contributed by atoms with E-state index in [1.54, 1.807) is 52.7 Å². The van der Waals surface area contributed by atoms with Crippen LogP contribution in [0.3, 0.4) is 0 Å². The summed E-state index contributed by atoms with van der Waals surface area (Å²) in [5.41, 5.74) is 1.81. The van der Waals surface area contributed by atoms with Gasteiger partial charge in [-0.15, -0.1) is 0 Å². The van der Waals surface area contributed by atoms with Crippen LogP contribution in [0.4, 0.5) is 5.69 Å². The topological polar surface area (TPSA) is 75.7 Å². The molecule has 0 spiro atoms. The maximum absolute atomic E-state index is 13.4. The van der Waals surface area contributed by atoms with Crippen molar-refractivity contribution >= 4 is 34.8 Å². The predicted molar refractivity (Wildman–Crippen MR) is 131 cm³/mol. The average Bonchev–Trinajstić information content (AvgIpc) is 3.54. The molecule has 2 aliphatic rings. The highest BCUT2D eigenvalue weighted by molar-refractivity contribution is 7.08. The van der Waals surface area contributed by atoms with Crippen molar-refractivity contribution in [1.29, 1.82) is 0 Å². The van der Waals surface area contributed by atoms with Gasteiger partial charge in [-0.1, -0.05) is 31.0 Å². The minimum absolute atomic E-state index is 0.0775. The standard InChI is InChI=1S/C27H26N2O4S/c30-25(20-14-15-34-17-20)28-21-10-12-22(13-11-21)33-27(32)24-16-19-8-4-5-9-23(19)29(24)26(31)18-6-2-1-3-7-18/h1-3,6-7,10-15,17,19,23-24H,4-5,8-9,16H2,(H,28,30). The van der Waals surface area contributed by atoms with E-state index in [1.807, 2.05) is 23.6 Å². The van der Waals surface area contributed by atoms with E-state index in [2.05, 4.69) is 5.32 Å². The van der Waals surface area contributed by atoms with Crippen molar-refractivity contribution in [2.24, 2.45) is 5.92 Å². The zero-order valence-corrected chi connectivity index (χ0v) is 19.5. The second-order valence-electron chi connectivity index (χ2n) is 8.85. The summed E-state index contributed by atoms with van der Waals surface area (Å²) in [5.74, 6) is 0.0148. The monoisotopic (exact) mass is 474 g/mol. The minimum Gasteiger partial charge on any atom is -0.425 e. The Morgan fingerprint density at radius 2 is 1.68 bits per heavy atom. The van der Waals surface area contributed by atoms with E-state index in [1.165, 1.54) is 11.3 Å². The number of likely N-dealkylation sites (tertiary alicyclic amines) is 1. The molecule has 7 heteroatoms. The van der Waals surface area contributed by atoms with E-state index in [0.717, 1.165) is 25.7 Å². The molecule has 2 aromatic carbocycles. The largest absolute Gasteiger partial charge is 0.425 e. The average molecular weight is 475 g/mol. The molecule has 1 N–H and O–H groups in total. The number of ether oxygens (including phenoxy) is 1. The van der Waals surface area contributed by atoms with Gasteiger partial charge < -0.3 is 15.0 Å². The Balaban J connectivity index is 1.29. The number of hydrogen-bond donors (Lipinski definition) is 1. The molecule has 1 saturated heterocycles. The molecule has 0 bridgehead atoms. The second-order valence-corrected chi connectivity index (χ2v) is 9.63. The van der Waals surface area contributed by atoms with Crippen LogP contribution >= 0.6 is 11.3 Å². The van der Waals surface area contributed by atoms with Crippen LogP contribution in [0.1, 0.15) is 52.8 Å². The Kier molecular flexibility index (Phi) is 6.45. The summed E-state index contributed by atoms with van der Waals surface area (Å²) in [7, 11) is 0. The fourth-order valence-corrected chi connectivity index (χ4v) is 5.72. The first-order chi connectivity index (χ1) is 16.6. The molecule has 5 rings (SSSR count). The third kappa shape index (κ3) is 4.61. The third-order valence-electron chi connectivity index (χ3n) is 6.73. The molecule has 2 fully saturated rings. The second kappa shape index (κ2) is 9.81. The molecule has 174 valence electrons. The summed E-state index contributed by atoms with van der Waals surface area (Å²) in [6.45, 7) is 0. The minimum atomic E-state index is -0.598. The number of fused-ring (bicyclic) bond motifs is 1. The lowest BCUT2D eigenvalue weighted by molar-refractivity contribution is -0.139. The molecular formula is C27H26N2O4S. The summed E-state index contributed by atoms with van der Waals surface area (Å²) < 4.78 is 5.71. The fourth-order valence-electron chi connectivity index (χ4n) is 5.08. The summed E-state index contributed by atoms with van der Waals surface area (Å²) >= 11 is 1.46. The van der Waals surface area contributed by atoms with Gasteiger partial charge >= 0.3 is 5.97 Å². The normalized spacial score (nSPS) is 21.5. The predicted octanol–water partition coefficient (Wildman–Crippen LogP) is 5.38. The van der Waals surface area contributed by atoms with Crippen LogP contribution in [0.25, 0.3) is 0 Å². The first-order valence-corrected chi connectivity index (χ1v) is 12.6. The van der Waals surface area contributed by atoms with Crippen LogP contribution in [-0.4, -0.2) is 34.8 Å². The number of carbonyl (C=O) groups excluding carboxylic acids is 3. The first kappa shape index (κ1) is 22.3. The van der Waals surface area contributed by atoms with Gasteiger partial charge in [0.2, 0.25) is 0 Å². The van der Waals surface area contributed by atoms with Crippen molar-refractivity contribution in [3.8, 4) is 5.75 Å². The Morgan fingerprint density at radius 1 is 0.912 bits per heavy atom. The van der Waals surface area contributed by atoms with Crippen molar-refractivity contribution in [2.75, 3.05) is 5.32 Å². The number of thiophene rings is 1. The molecule has 3 aromatic rings. The maximum atomic E-state index is 13.4. The molecule has 1 aliphatic carbocycles. The van der Waals surface area contributed by atoms with E-state index in [9.17, 15) is 14.4 Å². The van der Waals surface area contributed by atoms with E-state index in [-0.39, 0.29) is 17.9 Å². The number of anilines is 1. The molecule has 1 aromatic heterocycles. The number of nitrogens with one attached hydrogen (secondary N) is 1. The van der Waals surface area contributed by atoms with E-state index in [0.29, 0.717) is 34.9 Å². The number of rotatable bonds is 5. The number of esters is 1. The maximum Gasteiger partial charge on any atom is 0.334 e.